The number of hydrogen-bond acceptors (Lipinski definition) is 2. The normalized spacial score (nSPS) is 20.1. The molecule has 0 unspecified atom stereocenters. The van der Waals surface area contributed by atoms with Crippen molar-refractivity contribution < 1.29 is 4.79 Å². The Hall–Kier alpha value is -1.15. The highest BCUT2D eigenvalue weighted by Crippen LogP contribution is 2.28. The molecule has 2 heteroatoms. The van der Waals surface area contributed by atoms with Gasteiger partial charge in [-0.1, -0.05) is 23.8 Å². The number of ketones is 1. The number of hydrogen-bond donors (Lipinski definition) is 0. The quantitative estimate of drug-likeness (QED) is 0.797. The maximum Gasteiger partial charge on any atom is 0.136 e. The number of piperidine rings is 1. The molecule has 2 nitrogen and oxygen atoms in total. The third kappa shape index (κ3) is 2.81. The third-order valence-corrected chi connectivity index (χ3v) is 4.01. The zero-order valence-electron chi connectivity index (χ0n) is 11.9. The molecule has 18 heavy (non-hydrogen) atoms. The van der Waals surface area contributed by atoms with Crippen molar-refractivity contribution in [3.8, 4) is 0 Å². The molecule has 0 amide bonds. The summed E-state index contributed by atoms with van der Waals surface area (Å²) in [5.74, 6) is 0.400. The van der Waals surface area contributed by atoms with Crippen molar-refractivity contribution in [3.05, 3.63) is 34.9 Å². The molecule has 1 aromatic rings. The Labute approximate surface area is 110 Å². The first kappa shape index (κ1) is 13.3. The minimum absolute atomic E-state index is 0.00841. The molecular formula is C16H23NO. The van der Waals surface area contributed by atoms with E-state index < -0.39 is 0 Å². The van der Waals surface area contributed by atoms with Crippen LogP contribution in [0.25, 0.3) is 0 Å². The lowest BCUT2D eigenvalue weighted by atomic mass is 9.88. The summed E-state index contributed by atoms with van der Waals surface area (Å²) in [5, 5.41) is 0. The van der Waals surface area contributed by atoms with E-state index >= 15 is 0 Å². The van der Waals surface area contributed by atoms with Crippen LogP contribution in [0.5, 0.6) is 0 Å². The fourth-order valence-corrected chi connectivity index (χ4v) is 2.71. The van der Waals surface area contributed by atoms with Gasteiger partial charge in [0.15, 0.2) is 0 Å². The highest BCUT2D eigenvalue weighted by molar-refractivity contribution is 5.80. The molecule has 0 saturated carbocycles. The molecule has 0 bridgehead atoms. The molecule has 0 atom stereocenters. The largest absolute Gasteiger partial charge is 0.300 e. The maximum absolute atomic E-state index is 11.6. The Morgan fingerprint density at radius 1 is 1.28 bits per heavy atom. The van der Waals surface area contributed by atoms with Gasteiger partial charge >= 0.3 is 0 Å². The van der Waals surface area contributed by atoms with E-state index in [0.717, 1.165) is 13.1 Å². The van der Waals surface area contributed by atoms with Gasteiger partial charge in [0.25, 0.3) is 0 Å². The molecule has 1 aromatic carbocycles. The number of Topliss-reactive ketones (excluding diaryl/α,β-unsaturated/α-hetero) is 1. The van der Waals surface area contributed by atoms with E-state index in [-0.39, 0.29) is 5.54 Å². The van der Waals surface area contributed by atoms with Crippen molar-refractivity contribution in [1.82, 2.24) is 4.90 Å². The lowest BCUT2D eigenvalue weighted by Crippen LogP contribution is -2.49. The van der Waals surface area contributed by atoms with Gasteiger partial charge in [-0.15, -0.1) is 0 Å². The van der Waals surface area contributed by atoms with Crippen LogP contribution in [0, 0.1) is 13.8 Å². The molecule has 1 saturated heterocycles. The highest BCUT2D eigenvalue weighted by atomic mass is 16.1. The second kappa shape index (κ2) is 4.85. The Bertz CT molecular complexity index is 462. The standard InChI is InChI=1S/C16H23NO/c1-12-5-6-13(2)14(9-12)11-17-8-7-15(18)10-16(17,3)4/h5-6,9H,7-8,10-11H2,1-4H3. The SMILES string of the molecule is Cc1ccc(C)c(CN2CCC(=O)CC2(C)C)c1. The Morgan fingerprint density at radius 3 is 2.67 bits per heavy atom. The molecule has 0 aliphatic carbocycles. The van der Waals surface area contributed by atoms with Crippen LogP contribution >= 0.6 is 0 Å². The summed E-state index contributed by atoms with van der Waals surface area (Å²) >= 11 is 0. The van der Waals surface area contributed by atoms with E-state index in [1.54, 1.807) is 0 Å². The Morgan fingerprint density at radius 2 is 2.00 bits per heavy atom. The van der Waals surface area contributed by atoms with E-state index in [4.69, 9.17) is 0 Å². The molecule has 1 heterocycles. The molecule has 1 aliphatic rings. The molecular weight excluding hydrogens is 222 g/mol. The number of carbonyl (C=O) groups excluding carboxylic acids is 1. The molecule has 0 spiro atoms. The fourth-order valence-electron chi connectivity index (χ4n) is 2.71. The monoisotopic (exact) mass is 245 g/mol. The van der Waals surface area contributed by atoms with E-state index in [1.807, 2.05) is 0 Å². The van der Waals surface area contributed by atoms with Crippen molar-refractivity contribution in [2.24, 2.45) is 0 Å². The second-order valence-electron chi connectivity index (χ2n) is 6.13. The van der Waals surface area contributed by atoms with Gasteiger partial charge in [0.1, 0.15) is 5.78 Å². The van der Waals surface area contributed by atoms with Crippen LogP contribution in [0.2, 0.25) is 0 Å². The Kier molecular flexibility index (Phi) is 3.58. The summed E-state index contributed by atoms with van der Waals surface area (Å²) < 4.78 is 0. The smallest absolute Gasteiger partial charge is 0.136 e. The number of nitrogens with zero attached hydrogens (tertiary/aromatic N) is 1. The topological polar surface area (TPSA) is 20.3 Å². The summed E-state index contributed by atoms with van der Waals surface area (Å²) in [7, 11) is 0. The maximum atomic E-state index is 11.6. The number of benzene rings is 1. The molecule has 98 valence electrons. The van der Waals surface area contributed by atoms with Crippen molar-refractivity contribution in [3.63, 3.8) is 0 Å². The summed E-state index contributed by atoms with van der Waals surface area (Å²) in [6.45, 7) is 10.5. The van der Waals surface area contributed by atoms with Crippen LogP contribution in [0.4, 0.5) is 0 Å². The summed E-state index contributed by atoms with van der Waals surface area (Å²) in [6, 6.07) is 6.61. The number of rotatable bonds is 2. The second-order valence-corrected chi connectivity index (χ2v) is 6.13. The zero-order valence-corrected chi connectivity index (χ0v) is 11.9. The number of carbonyl (C=O) groups is 1. The predicted octanol–water partition coefficient (Wildman–Crippen LogP) is 3.25. The lowest BCUT2D eigenvalue weighted by molar-refractivity contribution is -0.125. The molecule has 0 radical (unpaired) electrons. The van der Waals surface area contributed by atoms with Crippen LogP contribution in [-0.4, -0.2) is 22.8 Å². The molecule has 0 N–H and O–H groups in total. The Balaban J connectivity index is 2.18. The predicted molar refractivity (Wildman–Crippen MR) is 74.6 cm³/mol. The van der Waals surface area contributed by atoms with E-state index in [1.165, 1.54) is 16.7 Å². The third-order valence-electron chi connectivity index (χ3n) is 4.01. The summed E-state index contributed by atoms with van der Waals surface area (Å²) in [6.07, 6.45) is 1.38. The van der Waals surface area contributed by atoms with Crippen LogP contribution in [0.15, 0.2) is 18.2 Å². The van der Waals surface area contributed by atoms with E-state index in [9.17, 15) is 4.79 Å². The number of likely N-dealkylation sites (tertiary alicyclic amines) is 1. The first-order valence-electron chi connectivity index (χ1n) is 6.71. The van der Waals surface area contributed by atoms with Crippen LogP contribution in [0.1, 0.15) is 43.4 Å². The van der Waals surface area contributed by atoms with Gasteiger partial charge < -0.3 is 0 Å². The molecule has 1 aliphatic heterocycles. The molecule has 0 aromatic heterocycles. The van der Waals surface area contributed by atoms with Crippen molar-refractivity contribution in [2.75, 3.05) is 6.54 Å². The first-order valence-corrected chi connectivity index (χ1v) is 6.71. The first-order chi connectivity index (χ1) is 8.38. The van der Waals surface area contributed by atoms with Crippen LogP contribution < -0.4 is 0 Å². The van der Waals surface area contributed by atoms with Crippen molar-refractivity contribution >= 4 is 5.78 Å². The van der Waals surface area contributed by atoms with Gasteiger partial charge in [0.2, 0.25) is 0 Å². The van der Waals surface area contributed by atoms with E-state index in [2.05, 4.69) is 50.8 Å². The average molecular weight is 245 g/mol. The molecule has 2 rings (SSSR count). The average Bonchev–Trinajstić information content (AvgIpc) is 2.26. The number of aryl methyl sites for hydroxylation is 2. The van der Waals surface area contributed by atoms with Gasteiger partial charge in [-0.3, -0.25) is 9.69 Å². The van der Waals surface area contributed by atoms with Crippen molar-refractivity contribution in [1.29, 1.82) is 0 Å². The van der Waals surface area contributed by atoms with Crippen LogP contribution in [0.3, 0.4) is 0 Å². The minimum Gasteiger partial charge on any atom is -0.300 e. The minimum atomic E-state index is -0.00841. The van der Waals surface area contributed by atoms with Gasteiger partial charge in [-0.05, 0) is 38.8 Å². The van der Waals surface area contributed by atoms with Gasteiger partial charge in [-0.2, -0.15) is 0 Å². The van der Waals surface area contributed by atoms with Crippen LogP contribution in [-0.2, 0) is 11.3 Å². The highest BCUT2D eigenvalue weighted by Gasteiger charge is 2.33. The van der Waals surface area contributed by atoms with Gasteiger partial charge in [0.05, 0.1) is 0 Å². The molecule has 1 fully saturated rings. The van der Waals surface area contributed by atoms with E-state index in [0.29, 0.717) is 18.6 Å². The van der Waals surface area contributed by atoms with Gasteiger partial charge in [0, 0.05) is 31.5 Å². The summed E-state index contributed by atoms with van der Waals surface area (Å²) in [4.78, 5) is 14.0. The lowest BCUT2D eigenvalue weighted by Gasteiger charge is -2.42. The van der Waals surface area contributed by atoms with Crippen molar-refractivity contribution in [2.45, 2.75) is 52.6 Å². The van der Waals surface area contributed by atoms with Gasteiger partial charge in [-0.25, -0.2) is 0 Å². The summed E-state index contributed by atoms with van der Waals surface area (Å²) in [5.41, 5.74) is 4.03. The zero-order chi connectivity index (χ0) is 13.3. The fraction of sp³-hybridized carbons (Fsp3) is 0.562.